The summed E-state index contributed by atoms with van der Waals surface area (Å²) in [6.45, 7) is 0.361. The van der Waals surface area contributed by atoms with Crippen molar-refractivity contribution in [2.45, 2.75) is 31.3 Å². The molecular weight excluding hydrogens is 194 g/mol. The van der Waals surface area contributed by atoms with Crippen LogP contribution in [0.4, 0.5) is 0 Å². The van der Waals surface area contributed by atoms with E-state index in [4.69, 9.17) is 0 Å². The number of carbonyl (C=O) groups is 1. The second kappa shape index (κ2) is 4.02. The summed E-state index contributed by atoms with van der Waals surface area (Å²) < 4.78 is 0. The molecule has 5 heteroatoms. The maximum atomic E-state index is 11.4. The molecule has 1 aliphatic rings. The summed E-state index contributed by atoms with van der Waals surface area (Å²) in [7, 11) is 0. The fourth-order valence-electron chi connectivity index (χ4n) is 1.64. The van der Waals surface area contributed by atoms with E-state index in [0.717, 1.165) is 25.0 Å². The molecule has 0 radical (unpaired) electrons. The van der Waals surface area contributed by atoms with Crippen LogP contribution < -0.4 is 5.32 Å². The summed E-state index contributed by atoms with van der Waals surface area (Å²) in [5.74, 6) is -0.0837. The van der Waals surface area contributed by atoms with Crippen LogP contribution in [0, 0.1) is 0 Å². The first-order valence-corrected chi connectivity index (χ1v) is 5.15. The highest BCUT2D eigenvalue weighted by molar-refractivity contribution is 5.78. The molecule has 82 valence electrons. The highest BCUT2D eigenvalue weighted by atomic mass is 16.3. The van der Waals surface area contributed by atoms with Crippen molar-refractivity contribution in [2.24, 2.45) is 0 Å². The summed E-state index contributed by atoms with van der Waals surface area (Å²) in [6.07, 6.45) is 4.53. The van der Waals surface area contributed by atoms with Gasteiger partial charge in [-0.2, -0.15) is 5.10 Å². The molecule has 1 amide bonds. The third-order valence-corrected chi connectivity index (χ3v) is 2.81. The smallest absolute Gasteiger partial charge is 0.226 e. The number of nitrogens with zero attached hydrogens (tertiary/aromatic N) is 1. The first-order valence-electron chi connectivity index (χ1n) is 5.15. The lowest BCUT2D eigenvalue weighted by Crippen LogP contribution is -2.48. The summed E-state index contributed by atoms with van der Waals surface area (Å²) in [5, 5.41) is 19.0. The Balaban J connectivity index is 1.73. The number of aromatic amines is 1. The topological polar surface area (TPSA) is 78.0 Å². The van der Waals surface area contributed by atoms with E-state index in [1.807, 2.05) is 0 Å². The van der Waals surface area contributed by atoms with Crippen molar-refractivity contribution in [2.75, 3.05) is 6.54 Å². The Kier molecular flexibility index (Phi) is 2.73. The molecule has 15 heavy (non-hydrogen) atoms. The van der Waals surface area contributed by atoms with E-state index in [2.05, 4.69) is 15.5 Å². The SMILES string of the molecule is O=C(Cc1ccn[nH]1)NCC1(O)CCC1. The van der Waals surface area contributed by atoms with E-state index < -0.39 is 5.60 Å². The fraction of sp³-hybridized carbons (Fsp3) is 0.600. The Bertz CT molecular complexity index is 330. The van der Waals surface area contributed by atoms with Crippen LogP contribution in [-0.4, -0.2) is 33.4 Å². The Hall–Kier alpha value is -1.36. The third-order valence-electron chi connectivity index (χ3n) is 2.81. The molecule has 1 aliphatic carbocycles. The van der Waals surface area contributed by atoms with Gasteiger partial charge in [-0.25, -0.2) is 0 Å². The van der Waals surface area contributed by atoms with Crippen molar-refractivity contribution in [3.05, 3.63) is 18.0 Å². The van der Waals surface area contributed by atoms with Gasteiger partial charge < -0.3 is 10.4 Å². The lowest BCUT2D eigenvalue weighted by Gasteiger charge is -2.36. The van der Waals surface area contributed by atoms with Crippen LogP contribution in [0.2, 0.25) is 0 Å². The Morgan fingerprint density at radius 2 is 2.47 bits per heavy atom. The number of aliphatic hydroxyl groups is 1. The lowest BCUT2D eigenvalue weighted by molar-refractivity contribution is -0.122. The average molecular weight is 209 g/mol. The van der Waals surface area contributed by atoms with E-state index in [-0.39, 0.29) is 12.3 Å². The molecule has 1 saturated carbocycles. The van der Waals surface area contributed by atoms with Crippen molar-refractivity contribution < 1.29 is 9.90 Å². The van der Waals surface area contributed by atoms with Crippen molar-refractivity contribution in [3.8, 4) is 0 Å². The van der Waals surface area contributed by atoms with Crippen LogP contribution in [0.1, 0.15) is 25.0 Å². The van der Waals surface area contributed by atoms with E-state index >= 15 is 0 Å². The van der Waals surface area contributed by atoms with Gasteiger partial charge in [0.25, 0.3) is 0 Å². The van der Waals surface area contributed by atoms with Crippen molar-refractivity contribution in [3.63, 3.8) is 0 Å². The van der Waals surface area contributed by atoms with Gasteiger partial charge in [0.05, 0.1) is 12.0 Å². The zero-order valence-corrected chi connectivity index (χ0v) is 8.49. The van der Waals surface area contributed by atoms with Gasteiger partial charge in [0.1, 0.15) is 0 Å². The number of hydrogen-bond donors (Lipinski definition) is 3. The van der Waals surface area contributed by atoms with Crippen molar-refractivity contribution in [1.29, 1.82) is 0 Å². The molecule has 2 rings (SSSR count). The Labute approximate surface area is 87.9 Å². The van der Waals surface area contributed by atoms with E-state index in [1.54, 1.807) is 12.3 Å². The number of nitrogens with one attached hydrogen (secondary N) is 2. The second-order valence-electron chi connectivity index (χ2n) is 4.11. The van der Waals surface area contributed by atoms with Gasteiger partial charge in [-0.15, -0.1) is 0 Å². The zero-order valence-electron chi connectivity index (χ0n) is 8.49. The molecule has 1 aromatic heterocycles. The number of amides is 1. The van der Waals surface area contributed by atoms with Gasteiger partial charge in [0.15, 0.2) is 0 Å². The van der Waals surface area contributed by atoms with Crippen LogP contribution in [0.3, 0.4) is 0 Å². The quantitative estimate of drug-likeness (QED) is 0.652. The molecular formula is C10H15N3O2. The fourth-order valence-corrected chi connectivity index (χ4v) is 1.64. The molecule has 1 aromatic rings. The van der Waals surface area contributed by atoms with E-state index in [1.165, 1.54) is 0 Å². The number of hydrogen-bond acceptors (Lipinski definition) is 3. The van der Waals surface area contributed by atoms with Crippen LogP contribution in [0.15, 0.2) is 12.3 Å². The van der Waals surface area contributed by atoms with Crippen LogP contribution in [0.5, 0.6) is 0 Å². The highest BCUT2D eigenvalue weighted by Crippen LogP contribution is 2.30. The Morgan fingerprint density at radius 3 is 3.00 bits per heavy atom. The van der Waals surface area contributed by atoms with Gasteiger partial charge >= 0.3 is 0 Å². The molecule has 0 atom stereocenters. The van der Waals surface area contributed by atoms with Gasteiger partial charge in [-0.3, -0.25) is 9.89 Å². The van der Waals surface area contributed by atoms with Gasteiger partial charge in [-0.1, -0.05) is 0 Å². The minimum Gasteiger partial charge on any atom is -0.388 e. The molecule has 0 aromatic carbocycles. The van der Waals surface area contributed by atoms with E-state index in [9.17, 15) is 9.90 Å². The number of aromatic nitrogens is 2. The number of carbonyl (C=O) groups excluding carboxylic acids is 1. The normalized spacial score (nSPS) is 18.2. The summed E-state index contributed by atoms with van der Waals surface area (Å²) in [6, 6.07) is 1.76. The van der Waals surface area contributed by atoms with Crippen LogP contribution in [-0.2, 0) is 11.2 Å². The summed E-state index contributed by atoms with van der Waals surface area (Å²) in [5.41, 5.74) is 0.136. The average Bonchev–Trinajstić information content (AvgIpc) is 2.64. The van der Waals surface area contributed by atoms with Crippen molar-refractivity contribution in [1.82, 2.24) is 15.5 Å². The first-order chi connectivity index (χ1) is 7.18. The molecule has 3 N–H and O–H groups in total. The van der Waals surface area contributed by atoms with Crippen LogP contribution in [0.25, 0.3) is 0 Å². The minimum absolute atomic E-state index is 0.0837. The largest absolute Gasteiger partial charge is 0.388 e. The Morgan fingerprint density at radius 1 is 1.67 bits per heavy atom. The molecule has 0 aliphatic heterocycles. The van der Waals surface area contributed by atoms with E-state index in [0.29, 0.717) is 6.54 Å². The highest BCUT2D eigenvalue weighted by Gasteiger charge is 2.34. The molecule has 0 bridgehead atoms. The molecule has 1 heterocycles. The minimum atomic E-state index is -0.649. The van der Waals surface area contributed by atoms with Crippen molar-refractivity contribution >= 4 is 5.91 Å². The van der Waals surface area contributed by atoms with Gasteiger partial charge in [0, 0.05) is 18.4 Å². The first kappa shape index (κ1) is 10.2. The van der Waals surface area contributed by atoms with Crippen LogP contribution >= 0.6 is 0 Å². The molecule has 5 nitrogen and oxygen atoms in total. The predicted octanol–water partition coefficient (Wildman–Crippen LogP) is -0.0166. The van der Waals surface area contributed by atoms with Gasteiger partial charge in [-0.05, 0) is 25.3 Å². The molecule has 0 spiro atoms. The molecule has 0 saturated heterocycles. The summed E-state index contributed by atoms with van der Waals surface area (Å²) in [4.78, 5) is 11.4. The lowest BCUT2D eigenvalue weighted by atomic mass is 9.80. The standard InChI is InChI=1S/C10H15N3O2/c14-9(6-8-2-5-12-13-8)11-7-10(15)3-1-4-10/h2,5,15H,1,3-4,6-7H2,(H,11,14)(H,12,13). The maximum Gasteiger partial charge on any atom is 0.226 e. The van der Waals surface area contributed by atoms with Gasteiger partial charge in [0.2, 0.25) is 5.91 Å². The predicted molar refractivity (Wildman–Crippen MR) is 54.1 cm³/mol. The second-order valence-corrected chi connectivity index (χ2v) is 4.11. The number of rotatable bonds is 4. The molecule has 0 unspecified atom stereocenters. The third kappa shape index (κ3) is 2.56. The maximum absolute atomic E-state index is 11.4. The monoisotopic (exact) mass is 209 g/mol. The zero-order chi connectivity index (χ0) is 10.7. The number of H-pyrrole nitrogens is 1. The molecule has 1 fully saturated rings. The summed E-state index contributed by atoms with van der Waals surface area (Å²) >= 11 is 0.